The molecule has 9 heteroatoms. The number of likely N-dealkylation sites (N-methyl/N-ethyl adjacent to an activating group) is 1. The second-order valence-corrected chi connectivity index (χ2v) is 7.44. The number of halogens is 2. The summed E-state index contributed by atoms with van der Waals surface area (Å²) >= 11 is 0. The molecule has 2 aliphatic rings. The number of carbonyl (C=O) groups excluding carboxylic acids is 2. The van der Waals surface area contributed by atoms with Gasteiger partial charge in [0.2, 0.25) is 5.91 Å². The van der Waals surface area contributed by atoms with Crippen molar-refractivity contribution in [3.63, 3.8) is 0 Å². The first-order chi connectivity index (χ1) is 13.9. The zero-order valence-electron chi connectivity index (χ0n) is 16.6. The number of ether oxygens (including phenoxy) is 1. The molecule has 0 aromatic heterocycles. The number of nitrogens with two attached hydrogens (primary N) is 1. The Labute approximate surface area is 169 Å². The first kappa shape index (κ1) is 21.6. The lowest BCUT2D eigenvalue weighted by Crippen LogP contribution is -2.49. The Balaban J connectivity index is 1.77. The van der Waals surface area contributed by atoms with E-state index < -0.39 is 18.4 Å². The van der Waals surface area contributed by atoms with Gasteiger partial charge in [-0.15, -0.1) is 0 Å². The molecule has 0 bridgehead atoms. The second kappa shape index (κ2) is 9.60. The lowest BCUT2D eigenvalue weighted by molar-refractivity contribution is -0.125. The Morgan fingerprint density at radius 1 is 1.41 bits per heavy atom. The number of carbonyl (C=O) groups is 2. The smallest absolute Gasteiger partial charge is 0.265 e. The van der Waals surface area contributed by atoms with Gasteiger partial charge in [-0.2, -0.15) is 0 Å². The number of amides is 2. The molecule has 29 heavy (non-hydrogen) atoms. The third kappa shape index (κ3) is 5.29. The molecular formula is C20H28F2N4O3. The Morgan fingerprint density at radius 2 is 2.17 bits per heavy atom. The second-order valence-electron chi connectivity index (χ2n) is 7.44. The van der Waals surface area contributed by atoms with Crippen molar-refractivity contribution in [2.75, 3.05) is 49.6 Å². The molecule has 1 aliphatic heterocycles. The molecule has 1 heterocycles. The number of benzene rings is 1. The molecule has 2 fully saturated rings. The highest BCUT2D eigenvalue weighted by atomic mass is 19.3. The summed E-state index contributed by atoms with van der Waals surface area (Å²) in [5.74, 6) is -0.0963. The number of nitrogens with zero attached hydrogens (tertiary/aromatic N) is 2. The van der Waals surface area contributed by atoms with Crippen molar-refractivity contribution in [2.24, 2.45) is 11.7 Å². The number of nitrogens with one attached hydrogen (secondary N) is 1. The van der Waals surface area contributed by atoms with Crippen LogP contribution in [-0.2, 0) is 14.3 Å². The molecule has 7 nitrogen and oxygen atoms in total. The topological polar surface area (TPSA) is 87.9 Å². The highest BCUT2D eigenvalue weighted by Gasteiger charge is 2.31. The van der Waals surface area contributed by atoms with Gasteiger partial charge in [0.25, 0.3) is 12.3 Å². The highest BCUT2D eigenvalue weighted by Crippen LogP contribution is 2.33. The molecule has 1 aliphatic carbocycles. The highest BCUT2D eigenvalue weighted by molar-refractivity contribution is 5.97. The van der Waals surface area contributed by atoms with Crippen LogP contribution in [-0.4, -0.2) is 62.1 Å². The summed E-state index contributed by atoms with van der Waals surface area (Å²) in [6.45, 7) is 4.08. The van der Waals surface area contributed by atoms with Gasteiger partial charge in [0.1, 0.15) is 12.6 Å². The maximum absolute atomic E-state index is 13.7. The Bertz CT molecular complexity index is 742. The van der Waals surface area contributed by atoms with Crippen molar-refractivity contribution in [2.45, 2.75) is 32.2 Å². The first-order valence-corrected chi connectivity index (χ1v) is 9.99. The quantitative estimate of drug-likeness (QED) is 0.650. The van der Waals surface area contributed by atoms with Crippen LogP contribution in [0.15, 0.2) is 18.2 Å². The fourth-order valence-corrected chi connectivity index (χ4v) is 3.55. The van der Waals surface area contributed by atoms with Gasteiger partial charge in [0, 0.05) is 36.6 Å². The number of morpholine rings is 1. The van der Waals surface area contributed by atoms with E-state index in [2.05, 4.69) is 5.32 Å². The molecule has 3 N–H and O–H groups in total. The van der Waals surface area contributed by atoms with E-state index >= 15 is 0 Å². The van der Waals surface area contributed by atoms with E-state index in [9.17, 15) is 18.4 Å². The van der Waals surface area contributed by atoms with Crippen molar-refractivity contribution in [3.8, 4) is 0 Å². The minimum atomic E-state index is -2.80. The number of hydrogen-bond donors (Lipinski definition) is 2. The maximum atomic E-state index is 13.7. The predicted molar refractivity (Wildman–Crippen MR) is 106 cm³/mol. The lowest BCUT2D eigenvalue weighted by Gasteiger charge is -2.30. The number of rotatable bonds is 9. The summed E-state index contributed by atoms with van der Waals surface area (Å²) in [5.41, 5.74) is 5.91. The van der Waals surface area contributed by atoms with Crippen LogP contribution in [0.3, 0.4) is 0 Å². The summed E-state index contributed by atoms with van der Waals surface area (Å²) in [6.07, 6.45) is -0.509. The minimum absolute atomic E-state index is 0.0374. The van der Waals surface area contributed by atoms with Gasteiger partial charge in [-0.25, -0.2) is 8.78 Å². The molecular weight excluding hydrogens is 382 g/mol. The summed E-state index contributed by atoms with van der Waals surface area (Å²) in [7, 11) is 0. The maximum Gasteiger partial charge on any atom is 0.265 e. The molecule has 0 unspecified atom stereocenters. The van der Waals surface area contributed by atoms with E-state index in [1.165, 1.54) is 17.0 Å². The van der Waals surface area contributed by atoms with E-state index in [4.69, 9.17) is 10.5 Å². The van der Waals surface area contributed by atoms with Gasteiger partial charge in [-0.05, 0) is 43.5 Å². The summed E-state index contributed by atoms with van der Waals surface area (Å²) in [4.78, 5) is 28.2. The van der Waals surface area contributed by atoms with Crippen LogP contribution in [0.4, 0.5) is 20.2 Å². The Kier molecular flexibility index (Phi) is 7.15. The van der Waals surface area contributed by atoms with Crippen molar-refractivity contribution in [1.82, 2.24) is 4.90 Å². The fraction of sp³-hybridized carbons (Fsp3) is 0.600. The molecule has 3 rings (SSSR count). The summed E-state index contributed by atoms with van der Waals surface area (Å²) in [6, 6.07) is 3.65. The number of anilines is 2. The van der Waals surface area contributed by atoms with Crippen molar-refractivity contribution >= 4 is 23.2 Å². The standard InChI is InChI=1S/C20H28F2N4O3/c1-2-25(11-13-3-4-13)17(10-23)20(28)24-16-6-5-14(9-15(16)19(21)22)26-7-8-29-12-18(26)27/h5-6,9,13,17,19H,2-4,7-8,10-12,23H2,1H3,(H,24,28)/t17-/m1/s1. The van der Waals surface area contributed by atoms with Crippen LogP contribution in [0.2, 0.25) is 0 Å². The van der Waals surface area contributed by atoms with Crippen molar-refractivity contribution in [3.05, 3.63) is 23.8 Å². The first-order valence-electron chi connectivity index (χ1n) is 9.99. The Hall–Kier alpha value is -2.10. The van der Waals surface area contributed by atoms with Crippen molar-refractivity contribution in [1.29, 1.82) is 0 Å². The minimum Gasteiger partial charge on any atom is -0.370 e. The lowest BCUT2D eigenvalue weighted by atomic mass is 10.1. The van der Waals surface area contributed by atoms with E-state index in [-0.39, 0.29) is 30.3 Å². The molecule has 1 aromatic rings. The molecule has 0 radical (unpaired) electrons. The fourth-order valence-electron chi connectivity index (χ4n) is 3.55. The van der Waals surface area contributed by atoms with E-state index in [0.29, 0.717) is 31.3 Å². The summed E-state index contributed by atoms with van der Waals surface area (Å²) in [5, 5.41) is 2.62. The average molecular weight is 410 g/mol. The monoisotopic (exact) mass is 410 g/mol. The normalized spacial score (nSPS) is 18.4. The summed E-state index contributed by atoms with van der Waals surface area (Å²) < 4.78 is 32.5. The molecule has 2 amide bonds. The van der Waals surface area contributed by atoms with Gasteiger partial charge in [0.05, 0.1) is 6.61 Å². The Morgan fingerprint density at radius 3 is 2.76 bits per heavy atom. The SMILES string of the molecule is CCN(CC1CC1)[C@H](CN)C(=O)Nc1ccc(N2CCOCC2=O)cc1C(F)F. The molecule has 1 aromatic carbocycles. The molecule has 160 valence electrons. The van der Waals surface area contributed by atoms with Gasteiger partial charge in [-0.3, -0.25) is 14.5 Å². The molecule has 0 spiro atoms. The van der Waals surface area contributed by atoms with Crippen molar-refractivity contribution < 1.29 is 23.1 Å². The van der Waals surface area contributed by atoms with Crippen LogP contribution in [0.5, 0.6) is 0 Å². The molecule has 1 saturated carbocycles. The molecule has 1 atom stereocenters. The van der Waals surface area contributed by atoms with E-state index in [1.807, 2.05) is 11.8 Å². The van der Waals surface area contributed by atoms with Gasteiger partial charge in [-0.1, -0.05) is 6.92 Å². The van der Waals surface area contributed by atoms with Gasteiger partial charge in [0.15, 0.2) is 0 Å². The average Bonchev–Trinajstić information content (AvgIpc) is 3.52. The third-order valence-electron chi connectivity index (χ3n) is 5.39. The third-order valence-corrected chi connectivity index (χ3v) is 5.39. The van der Waals surface area contributed by atoms with Gasteiger partial charge < -0.3 is 20.7 Å². The van der Waals surface area contributed by atoms with E-state index in [0.717, 1.165) is 19.4 Å². The number of alkyl halides is 2. The van der Waals surface area contributed by atoms with Crippen LogP contribution >= 0.6 is 0 Å². The van der Waals surface area contributed by atoms with Crippen LogP contribution in [0, 0.1) is 5.92 Å². The van der Waals surface area contributed by atoms with Crippen LogP contribution in [0.25, 0.3) is 0 Å². The van der Waals surface area contributed by atoms with E-state index in [1.54, 1.807) is 6.07 Å². The number of hydrogen-bond acceptors (Lipinski definition) is 5. The molecule has 1 saturated heterocycles. The predicted octanol–water partition coefficient (Wildman–Crippen LogP) is 1.99. The van der Waals surface area contributed by atoms with Crippen LogP contribution < -0.4 is 16.0 Å². The van der Waals surface area contributed by atoms with Crippen LogP contribution in [0.1, 0.15) is 31.8 Å². The zero-order valence-corrected chi connectivity index (χ0v) is 16.6. The zero-order chi connectivity index (χ0) is 21.0. The van der Waals surface area contributed by atoms with Gasteiger partial charge >= 0.3 is 0 Å². The largest absolute Gasteiger partial charge is 0.370 e.